The van der Waals surface area contributed by atoms with Crippen molar-refractivity contribution in [3.05, 3.63) is 0 Å². The molecule has 1 fully saturated rings. The van der Waals surface area contributed by atoms with Gasteiger partial charge in [0, 0.05) is 65.9 Å². The molecule has 0 bridgehead atoms. The number of hydrogen-bond acceptors (Lipinski definition) is 6. The molecule has 1 heterocycles. The normalized spacial score (nSPS) is 22.5. The van der Waals surface area contributed by atoms with Gasteiger partial charge in [-0.25, -0.2) is 0 Å². The van der Waals surface area contributed by atoms with Crippen LogP contribution in [0.25, 0.3) is 0 Å². The Hall–Kier alpha value is -0.320. The van der Waals surface area contributed by atoms with Crippen LogP contribution in [0.5, 0.6) is 0 Å². The fraction of sp³-hybridized carbons (Fsp3) is 1.00. The summed E-state index contributed by atoms with van der Waals surface area (Å²) in [7, 11) is 0. The lowest BCUT2D eigenvalue weighted by molar-refractivity contribution is -0.369. The highest BCUT2D eigenvalue weighted by Gasteiger charge is 2.06. The van der Waals surface area contributed by atoms with E-state index in [-0.39, 0.29) is 0 Å². The van der Waals surface area contributed by atoms with Crippen LogP contribution in [0.4, 0.5) is 0 Å². The van der Waals surface area contributed by atoms with Gasteiger partial charge in [-0.1, -0.05) is 0 Å². The van der Waals surface area contributed by atoms with Gasteiger partial charge in [-0.15, -0.1) is 0 Å². The van der Waals surface area contributed by atoms with E-state index in [2.05, 4.69) is 42.5 Å². The molecule has 20 heavy (non-hydrogen) atoms. The lowest BCUT2D eigenvalue weighted by atomic mass is 10.5. The molecule has 8 heteroatoms. The second kappa shape index (κ2) is 12.4. The second-order valence-corrected chi connectivity index (χ2v) is 5.13. The highest BCUT2D eigenvalue weighted by atomic mass is 15.3. The first-order valence-corrected chi connectivity index (χ1v) is 7.73. The molecule has 0 aliphatic carbocycles. The highest BCUT2D eigenvalue weighted by molar-refractivity contribution is 4.61. The monoisotopic (exact) mass is 290 g/mol. The van der Waals surface area contributed by atoms with Crippen LogP contribution in [-0.4, -0.2) is 88.8 Å². The van der Waals surface area contributed by atoms with Gasteiger partial charge in [0.2, 0.25) is 0 Å². The van der Waals surface area contributed by atoms with Crippen LogP contribution in [0.3, 0.4) is 0 Å². The number of rotatable bonds is 4. The van der Waals surface area contributed by atoms with Crippen LogP contribution in [-0.2, 0) is 0 Å². The zero-order chi connectivity index (χ0) is 14.5. The number of hydrogen-bond donors (Lipinski definition) is 6. The SMILES string of the molecule is [NH3+]CCN1CNCCNCN(CC[NH3+])CNCCNC1. The van der Waals surface area contributed by atoms with Crippen molar-refractivity contribution < 1.29 is 11.5 Å². The molecule has 0 spiro atoms. The number of quaternary nitrogens is 2. The molecule has 8 nitrogen and oxygen atoms in total. The molecular formula is C12H34N8+2. The average molecular weight is 290 g/mol. The molecular weight excluding hydrogens is 256 g/mol. The fourth-order valence-electron chi connectivity index (χ4n) is 2.18. The molecule has 1 aliphatic heterocycles. The van der Waals surface area contributed by atoms with Gasteiger partial charge in [0.25, 0.3) is 0 Å². The van der Waals surface area contributed by atoms with Gasteiger partial charge in [-0.2, -0.15) is 0 Å². The molecule has 120 valence electrons. The Morgan fingerprint density at radius 3 is 1.15 bits per heavy atom. The Labute approximate surface area is 122 Å². The maximum atomic E-state index is 3.93. The molecule has 1 aliphatic rings. The first-order chi connectivity index (χ1) is 9.86. The summed E-state index contributed by atoms with van der Waals surface area (Å²) in [6.07, 6.45) is 0. The number of nitrogens with one attached hydrogen (secondary N) is 4. The van der Waals surface area contributed by atoms with E-state index in [1.54, 1.807) is 0 Å². The molecule has 0 atom stereocenters. The van der Waals surface area contributed by atoms with Crippen molar-refractivity contribution in [3.63, 3.8) is 0 Å². The van der Waals surface area contributed by atoms with Crippen LogP contribution in [0.1, 0.15) is 0 Å². The summed E-state index contributed by atoms with van der Waals surface area (Å²) in [6.45, 7) is 11.5. The fourth-order valence-corrected chi connectivity index (χ4v) is 2.18. The summed E-state index contributed by atoms with van der Waals surface area (Å²) in [6, 6.07) is 0. The van der Waals surface area contributed by atoms with Crippen LogP contribution >= 0.6 is 0 Å². The summed E-state index contributed by atoms with van der Waals surface area (Å²) < 4.78 is 0. The lowest BCUT2D eigenvalue weighted by Crippen LogP contribution is -2.58. The molecule has 0 radical (unpaired) electrons. The second-order valence-electron chi connectivity index (χ2n) is 5.13. The van der Waals surface area contributed by atoms with Crippen molar-refractivity contribution in [1.82, 2.24) is 31.1 Å². The Kier molecular flexibility index (Phi) is 11.0. The quantitative estimate of drug-likeness (QED) is 0.310. The topological polar surface area (TPSA) is 110 Å². The maximum absolute atomic E-state index is 3.93. The third-order valence-electron chi connectivity index (χ3n) is 3.25. The van der Waals surface area contributed by atoms with E-state index in [1.165, 1.54) is 0 Å². The van der Waals surface area contributed by atoms with Crippen LogP contribution < -0.4 is 32.7 Å². The van der Waals surface area contributed by atoms with Crippen molar-refractivity contribution in [1.29, 1.82) is 0 Å². The van der Waals surface area contributed by atoms with Crippen molar-refractivity contribution in [2.45, 2.75) is 0 Å². The molecule has 0 unspecified atom stereocenters. The smallest absolute Gasteiger partial charge is 0.0870 e. The summed E-state index contributed by atoms with van der Waals surface area (Å²) in [5.74, 6) is 0. The minimum atomic E-state index is 0.917. The van der Waals surface area contributed by atoms with Crippen LogP contribution in [0.2, 0.25) is 0 Å². The summed E-state index contributed by atoms with van der Waals surface area (Å²) in [5.41, 5.74) is 7.86. The predicted molar refractivity (Wildman–Crippen MR) is 80.4 cm³/mol. The van der Waals surface area contributed by atoms with E-state index < -0.39 is 0 Å². The van der Waals surface area contributed by atoms with Crippen molar-refractivity contribution in [2.75, 3.05) is 79.0 Å². The zero-order valence-electron chi connectivity index (χ0n) is 12.8. The van der Waals surface area contributed by atoms with Crippen molar-refractivity contribution in [2.24, 2.45) is 0 Å². The first kappa shape index (κ1) is 17.7. The van der Waals surface area contributed by atoms with E-state index in [4.69, 9.17) is 0 Å². The van der Waals surface area contributed by atoms with Crippen LogP contribution in [0, 0.1) is 0 Å². The lowest BCUT2D eigenvalue weighted by Gasteiger charge is -2.25. The molecule has 1 rings (SSSR count). The van der Waals surface area contributed by atoms with Gasteiger partial charge in [0.1, 0.15) is 0 Å². The Morgan fingerprint density at radius 1 is 0.600 bits per heavy atom. The molecule has 0 aromatic rings. The van der Waals surface area contributed by atoms with Gasteiger partial charge in [-0.3, -0.25) is 9.80 Å². The largest absolute Gasteiger partial charge is 0.356 e. The van der Waals surface area contributed by atoms with E-state index in [0.29, 0.717) is 0 Å². The molecule has 0 aromatic carbocycles. The molecule has 0 aromatic heterocycles. The van der Waals surface area contributed by atoms with Gasteiger partial charge < -0.3 is 32.7 Å². The maximum Gasteiger partial charge on any atom is 0.0870 e. The Balaban J connectivity index is 2.29. The van der Waals surface area contributed by atoms with E-state index >= 15 is 0 Å². The van der Waals surface area contributed by atoms with E-state index in [9.17, 15) is 0 Å². The zero-order valence-corrected chi connectivity index (χ0v) is 12.8. The highest BCUT2D eigenvalue weighted by Crippen LogP contribution is 1.83. The van der Waals surface area contributed by atoms with Gasteiger partial charge in [-0.05, 0) is 0 Å². The molecule has 1 saturated heterocycles. The molecule has 0 saturated carbocycles. The molecule has 10 N–H and O–H groups in total. The third-order valence-corrected chi connectivity index (χ3v) is 3.25. The summed E-state index contributed by atoms with van der Waals surface area (Å²) >= 11 is 0. The number of nitrogens with zero attached hydrogens (tertiary/aromatic N) is 2. The predicted octanol–water partition coefficient (Wildman–Crippen LogP) is -4.72. The summed E-state index contributed by atoms with van der Waals surface area (Å²) in [4.78, 5) is 4.71. The van der Waals surface area contributed by atoms with Crippen molar-refractivity contribution in [3.8, 4) is 0 Å². The van der Waals surface area contributed by atoms with E-state index in [0.717, 1.165) is 79.0 Å². The molecule has 0 amide bonds. The minimum absolute atomic E-state index is 0.917. The Bertz CT molecular complexity index is 178. The van der Waals surface area contributed by atoms with Gasteiger partial charge in [0.15, 0.2) is 0 Å². The standard InChI is InChI=1S/C12H32N8/c13-1-7-19-9-15-3-5-17-11-20(8-2-14)12-18-6-4-16-10-19/h15-18H,1-14H2/p+2. The van der Waals surface area contributed by atoms with Gasteiger partial charge >= 0.3 is 0 Å². The Morgan fingerprint density at radius 2 is 0.900 bits per heavy atom. The van der Waals surface area contributed by atoms with Crippen molar-refractivity contribution >= 4 is 0 Å². The average Bonchev–Trinajstić information content (AvgIpc) is 2.45. The van der Waals surface area contributed by atoms with E-state index in [1.807, 2.05) is 0 Å². The third kappa shape index (κ3) is 8.77. The van der Waals surface area contributed by atoms with Gasteiger partial charge in [0.05, 0.1) is 13.1 Å². The van der Waals surface area contributed by atoms with Crippen LogP contribution in [0.15, 0.2) is 0 Å². The summed E-state index contributed by atoms with van der Waals surface area (Å²) in [5, 5.41) is 13.9. The first-order valence-electron chi connectivity index (χ1n) is 7.73. The minimum Gasteiger partial charge on any atom is -0.356 e.